The Labute approximate surface area is 92.6 Å². The quantitative estimate of drug-likeness (QED) is 0.781. The normalized spacial score (nSPS) is 12.1. The first-order valence-electron chi connectivity index (χ1n) is 4.08. The zero-order chi connectivity index (χ0) is 11.9. The second-order valence-corrected chi connectivity index (χ2v) is 3.31. The van der Waals surface area contributed by atoms with E-state index in [4.69, 9.17) is 16.3 Å². The topological polar surface area (TPSA) is 39.4 Å². The summed E-state index contributed by atoms with van der Waals surface area (Å²) in [7, 11) is 1.28. The van der Waals surface area contributed by atoms with E-state index in [-0.39, 0.29) is 16.7 Å². The molecule has 0 unspecified atom stereocenters. The fourth-order valence-electron chi connectivity index (χ4n) is 1.21. The van der Waals surface area contributed by atoms with Crippen molar-refractivity contribution < 1.29 is 17.9 Å². The fourth-order valence-corrected chi connectivity index (χ4v) is 1.40. The van der Waals surface area contributed by atoms with Crippen molar-refractivity contribution in [2.24, 2.45) is 0 Å². The summed E-state index contributed by atoms with van der Waals surface area (Å²) in [5.74, 6) is -0.0528. The van der Waals surface area contributed by atoms with E-state index in [9.17, 15) is 13.2 Å². The van der Waals surface area contributed by atoms with Gasteiger partial charge in [0.25, 0.3) is 5.88 Å². The van der Waals surface area contributed by atoms with E-state index in [1.807, 2.05) is 0 Å². The van der Waals surface area contributed by atoms with Gasteiger partial charge in [-0.05, 0) is 0 Å². The number of ether oxygens (including phenoxy) is 1. The van der Waals surface area contributed by atoms with Crippen LogP contribution in [-0.2, 0) is 6.18 Å². The number of nitrogens with zero attached hydrogens (tertiary/aromatic N) is 3. The molecular weight excluding hydrogens is 247 g/mol. The third-order valence-electron chi connectivity index (χ3n) is 1.86. The first-order chi connectivity index (χ1) is 7.41. The van der Waals surface area contributed by atoms with Crippen molar-refractivity contribution in [1.29, 1.82) is 0 Å². The summed E-state index contributed by atoms with van der Waals surface area (Å²) in [5.41, 5.74) is -1.05. The van der Waals surface area contributed by atoms with Crippen LogP contribution in [0.1, 0.15) is 5.69 Å². The maximum absolute atomic E-state index is 12.4. The molecule has 0 aliphatic carbocycles. The van der Waals surface area contributed by atoms with Crippen LogP contribution in [0.15, 0.2) is 12.4 Å². The van der Waals surface area contributed by atoms with Gasteiger partial charge in [-0.1, -0.05) is 11.6 Å². The van der Waals surface area contributed by atoms with Crippen molar-refractivity contribution in [3.05, 3.63) is 23.2 Å². The fraction of sp³-hybridized carbons (Fsp3) is 0.250. The molecule has 2 aromatic heterocycles. The Kier molecular flexibility index (Phi) is 2.42. The summed E-state index contributed by atoms with van der Waals surface area (Å²) in [6, 6.07) is 0. The highest BCUT2D eigenvalue weighted by atomic mass is 35.5. The third kappa shape index (κ3) is 1.78. The molecule has 0 bridgehead atoms. The molecule has 2 heterocycles. The maximum atomic E-state index is 12.4. The largest absolute Gasteiger partial charge is 0.478 e. The average Bonchev–Trinajstić information content (AvgIpc) is 2.59. The summed E-state index contributed by atoms with van der Waals surface area (Å²) >= 11 is 5.61. The van der Waals surface area contributed by atoms with Gasteiger partial charge >= 0.3 is 6.18 Å². The molecule has 0 aliphatic rings. The Balaban J connectivity index is 2.70. The van der Waals surface area contributed by atoms with Gasteiger partial charge in [0, 0.05) is 12.4 Å². The number of alkyl halides is 3. The summed E-state index contributed by atoms with van der Waals surface area (Å²) in [5, 5.41) is 0.0236. The van der Waals surface area contributed by atoms with Crippen molar-refractivity contribution in [3.63, 3.8) is 0 Å². The smallest absolute Gasteiger partial charge is 0.434 e. The number of aromatic nitrogens is 3. The number of fused-ring (bicyclic) bond motifs is 1. The minimum absolute atomic E-state index is 0.0236. The number of hydrogen-bond acceptors (Lipinski definition) is 3. The van der Waals surface area contributed by atoms with Gasteiger partial charge in [0.05, 0.1) is 7.11 Å². The maximum Gasteiger partial charge on any atom is 0.434 e. The lowest BCUT2D eigenvalue weighted by atomic mass is 10.5. The zero-order valence-electron chi connectivity index (χ0n) is 7.92. The first-order valence-corrected chi connectivity index (χ1v) is 4.46. The van der Waals surface area contributed by atoms with Gasteiger partial charge in [0.1, 0.15) is 5.15 Å². The first kappa shape index (κ1) is 11.0. The van der Waals surface area contributed by atoms with E-state index in [1.165, 1.54) is 13.3 Å². The van der Waals surface area contributed by atoms with E-state index >= 15 is 0 Å². The molecule has 0 saturated carbocycles. The molecule has 86 valence electrons. The van der Waals surface area contributed by atoms with Gasteiger partial charge in [-0.2, -0.15) is 18.2 Å². The minimum atomic E-state index is -4.51. The van der Waals surface area contributed by atoms with Crippen molar-refractivity contribution in [3.8, 4) is 5.88 Å². The number of halogens is 4. The molecule has 2 rings (SSSR count). The lowest BCUT2D eigenvalue weighted by molar-refractivity contribution is -0.140. The summed E-state index contributed by atoms with van der Waals surface area (Å²) in [6.07, 6.45) is -2.46. The Morgan fingerprint density at radius 2 is 2.00 bits per heavy atom. The molecule has 0 aromatic carbocycles. The van der Waals surface area contributed by atoms with Crippen LogP contribution in [0.3, 0.4) is 0 Å². The Morgan fingerprint density at radius 3 is 2.56 bits per heavy atom. The lowest BCUT2D eigenvalue weighted by Gasteiger charge is -2.00. The highest BCUT2D eigenvalue weighted by molar-refractivity contribution is 6.29. The zero-order valence-corrected chi connectivity index (χ0v) is 8.67. The van der Waals surface area contributed by atoms with Crippen molar-refractivity contribution in [2.45, 2.75) is 6.18 Å². The van der Waals surface area contributed by atoms with Crippen LogP contribution in [0.5, 0.6) is 5.88 Å². The number of imidazole rings is 1. The number of hydrogen-bond donors (Lipinski definition) is 0. The van der Waals surface area contributed by atoms with Gasteiger partial charge in [0.2, 0.25) is 5.65 Å². The molecule has 4 nitrogen and oxygen atoms in total. The molecule has 0 aliphatic heterocycles. The highest BCUT2D eigenvalue weighted by Crippen LogP contribution is 2.30. The predicted molar refractivity (Wildman–Crippen MR) is 49.6 cm³/mol. The van der Waals surface area contributed by atoms with Crippen LogP contribution < -0.4 is 4.74 Å². The van der Waals surface area contributed by atoms with E-state index < -0.39 is 11.9 Å². The second-order valence-electron chi connectivity index (χ2n) is 2.93. The molecule has 0 amide bonds. The van der Waals surface area contributed by atoms with E-state index in [0.29, 0.717) is 0 Å². The van der Waals surface area contributed by atoms with Crippen LogP contribution in [-0.4, -0.2) is 21.5 Å². The van der Waals surface area contributed by atoms with E-state index in [0.717, 1.165) is 10.6 Å². The van der Waals surface area contributed by atoms with Crippen LogP contribution >= 0.6 is 11.6 Å². The molecule has 2 aromatic rings. The summed E-state index contributed by atoms with van der Waals surface area (Å²) < 4.78 is 43.1. The lowest BCUT2D eigenvalue weighted by Crippen LogP contribution is -2.04. The van der Waals surface area contributed by atoms with Crippen LogP contribution in [0.4, 0.5) is 13.2 Å². The van der Waals surface area contributed by atoms with Gasteiger partial charge in [-0.3, -0.25) is 4.40 Å². The minimum Gasteiger partial charge on any atom is -0.478 e. The molecule has 0 saturated heterocycles. The van der Waals surface area contributed by atoms with Crippen molar-refractivity contribution in [1.82, 2.24) is 14.4 Å². The Morgan fingerprint density at radius 1 is 1.31 bits per heavy atom. The molecular formula is C8H5ClF3N3O. The standard InChI is InChI=1S/C8H5ClF3N3O/c1-16-7-6-13-4(8(10,11)12)2-15(6)3-5(9)14-7/h2-3H,1H3. The van der Waals surface area contributed by atoms with Gasteiger partial charge in [0.15, 0.2) is 5.69 Å². The van der Waals surface area contributed by atoms with Crippen molar-refractivity contribution in [2.75, 3.05) is 7.11 Å². The Bertz CT molecular complexity index is 537. The molecule has 16 heavy (non-hydrogen) atoms. The molecule has 0 atom stereocenters. The van der Waals surface area contributed by atoms with E-state index in [1.54, 1.807) is 0 Å². The number of methoxy groups -OCH3 is 1. The molecule has 0 spiro atoms. The highest BCUT2D eigenvalue weighted by Gasteiger charge is 2.34. The van der Waals surface area contributed by atoms with Crippen LogP contribution in [0, 0.1) is 0 Å². The third-order valence-corrected chi connectivity index (χ3v) is 2.04. The van der Waals surface area contributed by atoms with Gasteiger partial charge in [-0.15, -0.1) is 0 Å². The SMILES string of the molecule is COc1nc(Cl)cn2cc(C(F)(F)F)nc12. The summed E-state index contributed by atoms with van der Waals surface area (Å²) in [4.78, 5) is 7.10. The van der Waals surface area contributed by atoms with Crippen LogP contribution in [0.25, 0.3) is 5.65 Å². The Hall–Kier alpha value is -1.50. The molecule has 0 fully saturated rings. The molecule has 8 heteroatoms. The number of rotatable bonds is 1. The average molecular weight is 252 g/mol. The molecule has 0 radical (unpaired) electrons. The second kappa shape index (κ2) is 3.51. The van der Waals surface area contributed by atoms with Crippen LogP contribution in [0.2, 0.25) is 5.15 Å². The molecule has 0 N–H and O–H groups in total. The monoisotopic (exact) mass is 251 g/mol. The predicted octanol–water partition coefficient (Wildman–Crippen LogP) is 2.41. The van der Waals surface area contributed by atoms with Gasteiger partial charge < -0.3 is 4.74 Å². The summed E-state index contributed by atoms with van der Waals surface area (Å²) in [6.45, 7) is 0. The van der Waals surface area contributed by atoms with E-state index in [2.05, 4.69) is 9.97 Å². The van der Waals surface area contributed by atoms with Crippen molar-refractivity contribution >= 4 is 17.2 Å². The van der Waals surface area contributed by atoms with Gasteiger partial charge in [-0.25, -0.2) is 4.98 Å².